The van der Waals surface area contributed by atoms with Crippen molar-refractivity contribution in [2.45, 2.75) is 43.6 Å². The number of aromatic nitrogens is 5. The Labute approximate surface area is 133 Å². The third-order valence-corrected chi connectivity index (χ3v) is 4.99. The van der Waals surface area contributed by atoms with Crippen LogP contribution in [0.2, 0.25) is 0 Å². The number of rotatable bonds is 5. The first-order valence-electron chi connectivity index (χ1n) is 7.46. The van der Waals surface area contributed by atoms with Crippen molar-refractivity contribution >= 4 is 23.4 Å². The molecule has 0 bridgehead atoms. The van der Waals surface area contributed by atoms with Crippen LogP contribution in [0.15, 0.2) is 17.6 Å². The molecule has 3 rings (SSSR count). The Morgan fingerprint density at radius 1 is 1.41 bits per heavy atom. The molecule has 7 nitrogen and oxygen atoms in total. The Morgan fingerprint density at radius 2 is 2.23 bits per heavy atom. The molecule has 0 saturated carbocycles. The van der Waals surface area contributed by atoms with E-state index >= 15 is 0 Å². The second-order valence-electron chi connectivity index (χ2n) is 5.44. The summed E-state index contributed by atoms with van der Waals surface area (Å²) in [5.41, 5.74) is 0.863. The molecule has 0 N–H and O–H groups in total. The zero-order chi connectivity index (χ0) is 15.7. The highest BCUT2D eigenvalue weighted by atomic mass is 32.2. The molecule has 0 aliphatic carbocycles. The van der Waals surface area contributed by atoms with Crippen LogP contribution in [0.5, 0.6) is 0 Å². The van der Waals surface area contributed by atoms with Crippen molar-refractivity contribution in [3.8, 4) is 0 Å². The molecule has 22 heavy (non-hydrogen) atoms. The maximum atomic E-state index is 12.6. The number of carbonyl (C=O) groups excluding carboxylic acids is 1. The molecule has 0 aromatic carbocycles. The minimum atomic E-state index is -0.0978. The van der Waals surface area contributed by atoms with Crippen LogP contribution in [0.1, 0.15) is 25.6 Å². The molecular formula is C14H20N6OS. The van der Waals surface area contributed by atoms with Crippen LogP contribution in [0, 0.1) is 6.92 Å². The van der Waals surface area contributed by atoms with Gasteiger partial charge in [0.2, 0.25) is 5.91 Å². The van der Waals surface area contributed by atoms with Gasteiger partial charge in [0.25, 0.3) is 0 Å². The maximum Gasteiger partial charge on any atom is 0.240 e. The summed E-state index contributed by atoms with van der Waals surface area (Å²) in [4.78, 5) is 14.4. The monoisotopic (exact) mass is 320 g/mol. The summed E-state index contributed by atoms with van der Waals surface area (Å²) in [7, 11) is 1.85. The van der Waals surface area contributed by atoms with E-state index in [4.69, 9.17) is 0 Å². The van der Waals surface area contributed by atoms with Crippen molar-refractivity contribution in [2.24, 2.45) is 7.05 Å². The maximum absolute atomic E-state index is 12.6. The number of thioether (sulfide) groups is 1. The summed E-state index contributed by atoms with van der Waals surface area (Å²) in [6.45, 7) is 5.68. The smallest absolute Gasteiger partial charge is 0.240 e. The van der Waals surface area contributed by atoms with E-state index < -0.39 is 0 Å². The highest BCUT2D eigenvalue weighted by Crippen LogP contribution is 2.32. The van der Waals surface area contributed by atoms with E-state index in [0.29, 0.717) is 0 Å². The molecule has 1 aliphatic rings. The van der Waals surface area contributed by atoms with Crippen molar-refractivity contribution in [1.29, 1.82) is 0 Å². The van der Waals surface area contributed by atoms with Gasteiger partial charge < -0.3 is 9.47 Å². The molecule has 1 aliphatic heterocycles. The first-order valence-corrected chi connectivity index (χ1v) is 8.34. The first-order chi connectivity index (χ1) is 10.6. The summed E-state index contributed by atoms with van der Waals surface area (Å²) in [5, 5.41) is 13.2. The molecular weight excluding hydrogens is 300 g/mol. The predicted octanol–water partition coefficient (Wildman–Crippen LogP) is 1.63. The zero-order valence-electron chi connectivity index (χ0n) is 13.1. The summed E-state index contributed by atoms with van der Waals surface area (Å²) >= 11 is 1.52. The second kappa shape index (κ2) is 6.12. The van der Waals surface area contributed by atoms with E-state index in [0.717, 1.165) is 42.6 Å². The van der Waals surface area contributed by atoms with Gasteiger partial charge in [-0.2, -0.15) is 5.10 Å². The third-order valence-electron chi connectivity index (χ3n) is 3.76. The summed E-state index contributed by atoms with van der Waals surface area (Å²) in [6, 6.07) is 0. The Hall–Kier alpha value is -1.83. The molecule has 1 amide bonds. The van der Waals surface area contributed by atoms with E-state index in [1.54, 1.807) is 15.8 Å². The van der Waals surface area contributed by atoms with Crippen molar-refractivity contribution in [3.63, 3.8) is 0 Å². The Bertz CT molecular complexity index is 679. The van der Waals surface area contributed by atoms with Gasteiger partial charge in [0.15, 0.2) is 5.16 Å². The molecule has 3 heterocycles. The topological polar surface area (TPSA) is 68.8 Å². The molecule has 1 fully saturated rings. The molecule has 1 saturated heterocycles. The third kappa shape index (κ3) is 2.75. The predicted molar refractivity (Wildman–Crippen MR) is 84.9 cm³/mol. The molecule has 118 valence electrons. The van der Waals surface area contributed by atoms with Crippen LogP contribution >= 0.6 is 11.8 Å². The summed E-state index contributed by atoms with van der Waals surface area (Å²) in [5.74, 6) is 1.03. The first kappa shape index (κ1) is 15.1. The molecule has 0 radical (unpaired) electrons. The van der Waals surface area contributed by atoms with Gasteiger partial charge in [-0.25, -0.2) is 0 Å². The quantitative estimate of drug-likeness (QED) is 0.837. The fourth-order valence-electron chi connectivity index (χ4n) is 2.62. The summed E-state index contributed by atoms with van der Waals surface area (Å²) < 4.78 is 3.80. The van der Waals surface area contributed by atoms with Crippen LogP contribution in [-0.4, -0.2) is 42.2 Å². The van der Waals surface area contributed by atoms with Crippen molar-refractivity contribution < 1.29 is 4.79 Å². The number of anilines is 1. The number of hydrogen-bond donors (Lipinski definition) is 0. The molecule has 1 unspecified atom stereocenters. The Kier molecular flexibility index (Phi) is 4.19. The van der Waals surface area contributed by atoms with Crippen molar-refractivity contribution in [3.05, 3.63) is 18.2 Å². The minimum Gasteiger partial charge on any atom is -0.308 e. The normalized spacial score (nSPS) is 18.4. The molecule has 2 aromatic rings. The molecule has 2 aromatic heterocycles. The van der Waals surface area contributed by atoms with Gasteiger partial charge in [-0.1, -0.05) is 18.7 Å². The number of nitrogens with zero attached hydrogens (tertiary/aromatic N) is 6. The van der Waals surface area contributed by atoms with E-state index in [1.165, 1.54) is 11.8 Å². The van der Waals surface area contributed by atoms with E-state index in [-0.39, 0.29) is 11.2 Å². The van der Waals surface area contributed by atoms with Gasteiger partial charge in [0.1, 0.15) is 5.82 Å². The lowest BCUT2D eigenvalue weighted by molar-refractivity contribution is -0.116. The van der Waals surface area contributed by atoms with E-state index in [2.05, 4.69) is 26.8 Å². The van der Waals surface area contributed by atoms with Gasteiger partial charge >= 0.3 is 0 Å². The molecule has 0 spiro atoms. The molecule has 1 atom stereocenters. The second-order valence-corrected chi connectivity index (χ2v) is 6.61. The van der Waals surface area contributed by atoms with Crippen LogP contribution in [0.3, 0.4) is 0 Å². The van der Waals surface area contributed by atoms with E-state index in [1.807, 2.05) is 20.2 Å². The number of hydrogen-bond acceptors (Lipinski definition) is 5. The SMILES string of the molecule is CCCn1c(C)nnc1SC1CCN(c2cnn(C)c2)C1=O. The average Bonchev–Trinajstić information content (AvgIpc) is 3.16. The lowest BCUT2D eigenvalue weighted by Gasteiger charge is -2.14. The zero-order valence-corrected chi connectivity index (χ0v) is 13.9. The van der Waals surface area contributed by atoms with E-state index in [9.17, 15) is 4.79 Å². The van der Waals surface area contributed by atoms with Crippen LogP contribution in [-0.2, 0) is 18.4 Å². The fraction of sp³-hybridized carbons (Fsp3) is 0.571. The molecule has 8 heteroatoms. The standard InChI is InChI=1S/C14H20N6OS/c1-4-6-19-10(2)16-17-14(19)22-12-5-7-20(13(12)21)11-8-15-18(3)9-11/h8-9,12H,4-7H2,1-3H3. The lowest BCUT2D eigenvalue weighted by Crippen LogP contribution is -2.27. The number of aryl methyl sites for hydroxylation is 2. The van der Waals surface area contributed by atoms with Gasteiger partial charge in [-0.15, -0.1) is 10.2 Å². The summed E-state index contributed by atoms with van der Waals surface area (Å²) in [6.07, 6.45) is 5.44. The van der Waals surface area contributed by atoms with Crippen LogP contribution in [0.4, 0.5) is 5.69 Å². The largest absolute Gasteiger partial charge is 0.308 e. The Balaban J connectivity index is 1.73. The van der Waals surface area contributed by atoms with Gasteiger partial charge in [-0.3, -0.25) is 9.48 Å². The van der Waals surface area contributed by atoms with Crippen molar-refractivity contribution in [2.75, 3.05) is 11.4 Å². The highest BCUT2D eigenvalue weighted by molar-refractivity contribution is 8.00. The lowest BCUT2D eigenvalue weighted by atomic mass is 10.4. The minimum absolute atomic E-state index is 0.0978. The van der Waals surface area contributed by atoms with Crippen molar-refractivity contribution in [1.82, 2.24) is 24.5 Å². The van der Waals surface area contributed by atoms with Crippen LogP contribution < -0.4 is 4.90 Å². The fourth-order valence-corrected chi connectivity index (χ4v) is 3.77. The number of carbonyl (C=O) groups is 1. The van der Waals surface area contributed by atoms with Gasteiger partial charge in [-0.05, 0) is 19.8 Å². The highest BCUT2D eigenvalue weighted by Gasteiger charge is 2.35. The van der Waals surface area contributed by atoms with Gasteiger partial charge in [0.05, 0.1) is 17.1 Å². The average molecular weight is 320 g/mol. The van der Waals surface area contributed by atoms with Gasteiger partial charge in [0, 0.05) is 26.3 Å². The number of amides is 1. The Morgan fingerprint density at radius 3 is 2.91 bits per heavy atom. The van der Waals surface area contributed by atoms with Crippen LogP contribution in [0.25, 0.3) is 0 Å².